The van der Waals surface area contributed by atoms with Crippen LogP contribution in [-0.4, -0.2) is 48.8 Å². The Morgan fingerprint density at radius 1 is 1.29 bits per heavy atom. The van der Waals surface area contributed by atoms with E-state index in [0.29, 0.717) is 6.04 Å². The monoisotopic (exact) mass is 290 g/mol. The first kappa shape index (κ1) is 16.5. The Labute approximate surface area is 129 Å². The van der Waals surface area contributed by atoms with Gasteiger partial charge in [-0.15, -0.1) is 0 Å². The summed E-state index contributed by atoms with van der Waals surface area (Å²) in [6, 6.07) is 11.3. The molecule has 0 saturated carbocycles. The number of hydrogen-bond donors (Lipinski definition) is 2. The fourth-order valence-electron chi connectivity index (χ4n) is 2.95. The summed E-state index contributed by atoms with van der Waals surface area (Å²) in [6.45, 7) is 9.22. The Morgan fingerprint density at radius 2 is 2.05 bits per heavy atom. The maximum atomic E-state index is 9.08. The van der Waals surface area contributed by atoms with E-state index in [1.165, 1.54) is 18.5 Å². The molecule has 1 aromatic rings. The molecule has 1 fully saturated rings. The third kappa shape index (κ3) is 5.77. The van der Waals surface area contributed by atoms with Crippen molar-refractivity contribution in [3.8, 4) is 0 Å². The lowest BCUT2D eigenvalue weighted by Crippen LogP contribution is -2.39. The number of likely N-dealkylation sites (tertiary alicyclic amines) is 1. The van der Waals surface area contributed by atoms with Crippen molar-refractivity contribution >= 4 is 0 Å². The van der Waals surface area contributed by atoms with Crippen LogP contribution in [0.4, 0.5) is 0 Å². The van der Waals surface area contributed by atoms with E-state index in [-0.39, 0.29) is 12.0 Å². The molecule has 0 radical (unpaired) electrons. The van der Waals surface area contributed by atoms with Gasteiger partial charge in [-0.3, -0.25) is 0 Å². The zero-order valence-corrected chi connectivity index (χ0v) is 13.5. The molecule has 1 saturated heterocycles. The molecule has 0 spiro atoms. The topological polar surface area (TPSA) is 35.5 Å². The Bertz CT molecular complexity index is 405. The molecular formula is C18H30N2O. The first-order chi connectivity index (χ1) is 10.1. The maximum Gasteiger partial charge on any atom is 0.0436 e. The molecule has 1 atom stereocenters. The van der Waals surface area contributed by atoms with E-state index in [0.717, 1.165) is 32.5 Å². The molecule has 1 aliphatic rings. The third-order valence-electron chi connectivity index (χ3n) is 4.49. The quantitative estimate of drug-likeness (QED) is 0.771. The number of nitrogens with zero attached hydrogens (tertiary/aromatic N) is 1. The summed E-state index contributed by atoms with van der Waals surface area (Å²) in [5.74, 6) is 0. The number of nitrogens with one attached hydrogen (secondary N) is 1. The van der Waals surface area contributed by atoms with Gasteiger partial charge in [0.15, 0.2) is 0 Å². The normalized spacial score (nSPS) is 20.0. The van der Waals surface area contributed by atoms with E-state index in [4.69, 9.17) is 5.11 Å². The number of aliphatic hydroxyl groups is 1. The third-order valence-corrected chi connectivity index (χ3v) is 4.49. The first-order valence-corrected chi connectivity index (χ1v) is 8.19. The maximum absolute atomic E-state index is 9.08. The zero-order valence-electron chi connectivity index (χ0n) is 13.5. The first-order valence-electron chi connectivity index (χ1n) is 8.19. The summed E-state index contributed by atoms with van der Waals surface area (Å²) in [6.07, 6.45) is 3.25. The van der Waals surface area contributed by atoms with Crippen molar-refractivity contribution in [1.82, 2.24) is 10.2 Å². The molecule has 0 aliphatic carbocycles. The van der Waals surface area contributed by atoms with Crippen LogP contribution in [0.3, 0.4) is 0 Å². The zero-order chi connectivity index (χ0) is 15.1. The number of aliphatic hydroxyl groups excluding tert-OH is 1. The van der Waals surface area contributed by atoms with E-state index in [1.54, 1.807) is 0 Å². The summed E-state index contributed by atoms with van der Waals surface area (Å²) in [5.41, 5.74) is 1.62. The van der Waals surface area contributed by atoms with E-state index in [2.05, 4.69) is 54.4 Å². The summed E-state index contributed by atoms with van der Waals surface area (Å²) in [5, 5.41) is 12.8. The van der Waals surface area contributed by atoms with E-state index >= 15 is 0 Å². The molecule has 2 rings (SSSR count). The van der Waals surface area contributed by atoms with E-state index in [1.807, 2.05) is 0 Å². The van der Waals surface area contributed by atoms with Crippen molar-refractivity contribution in [2.75, 3.05) is 32.8 Å². The average molecular weight is 290 g/mol. The van der Waals surface area contributed by atoms with Gasteiger partial charge in [0.05, 0.1) is 0 Å². The Hall–Kier alpha value is -0.900. The second-order valence-electron chi connectivity index (χ2n) is 7.04. The minimum atomic E-state index is 0.187. The van der Waals surface area contributed by atoms with Crippen LogP contribution in [0.1, 0.15) is 32.3 Å². The number of hydrogen-bond acceptors (Lipinski definition) is 3. The molecule has 1 aromatic carbocycles. The van der Waals surface area contributed by atoms with Gasteiger partial charge in [0.25, 0.3) is 0 Å². The minimum Gasteiger partial charge on any atom is -0.396 e. The Morgan fingerprint density at radius 3 is 2.76 bits per heavy atom. The van der Waals surface area contributed by atoms with Crippen LogP contribution in [0.5, 0.6) is 0 Å². The molecular weight excluding hydrogens is 260 g/mol. The van der Waals surface area contributed by atoms with Gasteiger partial charge in [-0.2, -0.15) is 0 Å². The predicted octanol–water partition coefficient (Wildman–Crippen LogP) is 2.30. The van der Waals surface area contributed by atoms with Gasteiger partial charge in [-0.1, -0.05) is 44.2 Å². The van der Waals surface area contributed by atoms with Gasteiger partial charge in [0, 0.05) is 32.3 Å². The highest BCUT2D eigenvalue weighted by molar-refractivity contribution is 5.14. The fraction of sp³-hybridized carbons (Fsp3) is 0.667. The van der Waals surface area contributed by atoms with Crippen LogP contribution >= 0.6 is 0 Å². The SMILES string of the molecule is CC(C)(CCO)CNC1CCN(CCc2ccccc2)C1. The molecule has 3 heteroatoms. The van der Waals surface area contributed by atoms with Crippen molar-refractivity contribution in [2.45, 2.75) is 39.2 Å². The van der Waals surface area contributed by atoms with Gasteiger partial charge in [-0.25, -0.2) is 0 Å². The highest BCUT2D eigenvalue weighted by atomic mass is 16.3. The molecule has 21 heavy (non-hydrogen) atoms. The molecule has 1 heterocycles. The summed E-state index contributed by atoms with van der Waals surface area (Å²) in [4.78, 5) is 2.56. The van der Waals surface area contributed by atoms with Crippen molar-refractivity contribution in [2.24, 2.45) is 5.41 Å². The smallest absolute Gasteiger partial charge is 0.0436 e. The van der Waals surface area contributed by atoms with Crippen LogP contribution < -0.4 is 5.32 Å². The number of rotatable bonds is 8. The molecule has 3 nitrogen and oxygen atoms in total. The Balaban J connectivity index is 1.67. The largest absolute Gasteiger partial charge is 0.396 e. The lowest BCUT2D eigenvalue weighted by Gasteiger charge is -2.26. The van der Waals surface area contributed by atoms with E-state index in [9.17, 15) is 0 Å². The van der Waals surface area contributed by atoms with Crippen molar-refractivity contribution < 1.29 is 5.11 Å². The lowest BCUT2D eigenvalue weighted by atomic mass is 9.89. The van der Waals surface area contributed by atoms with Crippen molar-refractivity contribution in [1.29, 1.82) is 0 Å². The molecule has 0 bridgehead atoms. The summed E-state index contributed by atoms with van der Waals surface area (Å²) in [7, 11) is 0. The van der Waals surface area contributed by atoms with Crippen LogP contribution in [0, 0.1) is 5.41 Å². The molecule has 1 aliphatic heterocycles. The summed E-state index contributed by atoms with van der Waals surface area (Å²) < 4.78 is 0. The van der Waals surface area contributed by atoms with E-state index < -0.39 is 0 Å². The molecule has 118 valence electrons. The van der Waals surface area contributed by atoms with Crippen LogP contribution in [0.25, 0.3) is 0 Å². The van der Waals surface area contributed by atoms with Crippen LogP contribution in [0.2, 0.25) is 0 Å². The summed E-state index contributed by atoms with van der Waals surface area (Å²) >= 11 is 0. The van der Waals surface area contributed by atoms with Gasteiger partial charge < -0.3 is 15.3 Å². The van der Waals surface area contributed by atoms with Gasteiger partial charge in [-0.05, 0) is 36.8 Å². The highest BCUT2D eigenvalue weighted by Gasteiger charge is 2.24. The van der Waals surface area contributed by atoms with Crippen LogP contribution in [-0.2, 0) is 6.42 Å². The van der Waals surface area contributed by atoms with Crippen molar-refractivity contribution in [3.05, 3.63) is 35.9 Å². The molecule has 2 N–H and O–H groups in total. The lowest BCUT2D eigenvalue weighted by molar-refractivity contribution is 0.202. The second kappa shape index (κ2) is 7.92. The second-order valence-corrected chi connectivity index (χ2v) is 7.04. The standard InChI is InChI=1S/C18H30N2O/c1-18(2,10-13-21)15-19-17-9-12-20(14-17)11-8-16-6-4-3-5-7-16/h3-7,17,19,21H,8-15H2,1-2H3. The van der Waals surface area contributed by atoms with Crippen LogP contribution in [0.15, 0.2) is 30.3 Å². The molecule has 0 amide bonds. The average Bonchev–Trinajstić information content (AvgIpc) is 2.92. The minimum absolute atomic E-state index is 0.187. The Kier molecular flexibility index (Phi) is 6.22. The van der Waals surface area contributed by atoms with Crippen molar-refractivity contribution in [3.63, 3.8) is 0 Å². The van der Waals surface area contributed by atoms with Gasteiger partial charge in [0.2, 0.25) is 0 Å². The fourth-order valence-corrected chi connectivity index (χ4v) is 2.95. The highest BCUT2D eigenvalue weighted by Crippen LogP contribution is 2.19. The van der Waals surface area contributed by atoms with Gasteiger partial charge in [0.1, 0.15) is 0 Å². The van der Waals surface area contributed by atoms with Gasteiger partial charge >= 0.3 is 0 Å². The predicted molar refractivity (Wildman–Crippen MR) is 88.5 cm³/mol. The number of benzene rings is 1. The molecule has 0 aromatic heterocycles. The molecule has 1 unspecified atom stereocenters.